The highest BCUT2D eigenvalue weighted by molar-refractivity contribution is 5.71. The summed E-state index contributed by atoms with van der Waals surface area (Å²) in [6.45, 7) is 4.83. The Morgan fingerprint density at radius 2 is 0.626 bits per heavy atom. The van der Waals surface area contributed by atoms with E-state index in [2.05, 4.69) is 74.6 Å². The van der Waals surface area contributed by atoms with E-state index >= 15 is 0 Å². The van der Waals surface area contributed by atoms with Crippen molar-refractivity contribution in [2.24, 2.45) is 0 Å². The monoisotopic (exact) mass is 1280 g/mol. The zero-order valence-electron chi connectivity index (χ0n) is 61.0. The lowest BCUT2D eigenvalue weighted by atomic mass is 10.0. The van der Waals surface area contributed by atoms with E-state index in [9.17, 15) is 19.5 Å². The van der Waals surface area contributed by atoms with Crippen LogP contribution < -0.4 is 0 Å². The summed E-state index contributed by atoms with van der Waals surface area (Å²) in [4.78, 5) is 37.7. The number of carboxylic acid groups (broad SMARTS) is 1. The second-order valence-electron chi connectivity index (χ2n) is 28.0. The van der Waals surface area contributed by atoms with Gasteiger partial charge in [-0.15, -0.1) is 0 Å². The van der Waals surface area contributed by atoms with E-state index < -0.39 is 18.4 Å². The maximum absolute atomic E-state index is 13.0. The van der Waals surface area contributed by atoms with Crippen LogP contribution in [0.25, 0.3) is 0 Å². The predicted molar refractivity (Wildman–Crippen MR) is 392 cm³/mol. The van der Waals surface area contributed by atoms with Gasteiger partial charge >= 0.3 is 17.9 Å². The third-order valence-corrected chi connectivity index (χ3v) is 17.8. The van der Waals surface area contributed by atoms with Crippen LogP contribution in [0, 0.1) is 0 Å². The molecule has 2 atom stereocenters. The standard InChI is InChI=1S/C82H151NO8/c1-6-8-10-12-14-16-18-20-22-24-26-28-30-32-34-36-38-39-40-41-43-44-46-48-50-52-54-56-58-60-62-64-66-68-70-72-79(84)89-76-78(77-90-82(81(86)87)88-75-74-83(3,4)5)91-80(85)73-71-69-67-65-63-61-59-57-55-53-51-49-47-45-42-37-35-33-31-29-27-25-23-21-19-17-15-13-11-9-7-2/h9,11,15,17,21,23-24,26-27,29,78,82H,6-8,10,12-14,16,18-20,22,25,28,30-77H2,1-5H3/p+1/b11-9-,17-15-,23-21-,26-24-,29-27-. The predicted octanol–water partition coefficient (Wildman–Crippen LogP) is 25.0. The lowest BCUT2D eigenvalue weighted by Crippen LogP contribution is -2.40. The van der Waals surface area contributed by atoms with E-state index in [1.165, 1.54) is 295 Å². The van der Waals surface area contributed by atoms with Gasteiger partial charge in [-0.1, -0.05) is 357 Å². The van der Waals surface area contributed by atoms with E-state index in [1.807, 2.05) is 21.1 Å². The minimum atomic E-state index is -1.51. The van der Waals surface area contributed by atoms with Crippen molar-refractivity contribution in [1.29, 1.82) is 0 Å². The first-order valence-electron chi connectivity index (χ1n) is 39.5. The van der Waals surface area contributed by atoms with Crippen molar-refractivity contribution >= 4 is 17.9 Å². The van der Waals surface area contributed by atoms with Crippen LogP contribution in [0.15, 0.2) is 60.8 Å². The molecule has 91 heavy (non-hydrogen) atoms. The minimum absolute atomic E-state index is 0.177. The smallest absolute Gasteiger partial charge is 0.361 e. The van der Waals surface area contributed by atoms with Crippen LogP contribution in [-0.2, 0) is 33.3 Å². The molecule has 2 unspecified atom stereocenters. The number of carbonyl (C=O) groups excluding carboxylic acids is 2. The zero-order chi connectivity index (χ0) is 66.1. The number of rotatable bonds is 74. The fourth-order valence-electron chi connectivity index (χ4n) is 11.8. The van der Waals surface area contributed by atoms with Gasteiger partial charge in [0, 0.05) is 12.8 Å². The molecule has 0 aromatic rings. The van der Waals surface area contributed by atoms with E-state index in [4.69, 9.17) is 18.9 Å². The second-order valence-corrected chi connectivity index (χ2v) is 28.0. The van der Waals surface area contributed by atoms with E-state index in [0.717, 1.165) is 64.2 Å². The lowest BCUT2D eigenvalue weighted by Gasteiger charge is -2.25. The molecule has 0 heterocycles. The normalized spacial score (nSPS) is 12.9. The summed E-state index contributed by atoms with van der Waals surface area (Å²) in [7, 11) is 5.99. The average Bonchev–Trinajstić information content (AvgIpc) is 3.65. The van der Waals surface area contributed by atoms with Crippen molar-refractivity contribution in [3.63, 3.8) is 0 Å². The van der Waals surface area contributed by atoms with Gasteiger partial charge in [0.05, 0.1) is 34.4 Å². The Labute approximate surface area is 565 Å². The Morgan fingerprint density at radius 3 is 0.945 bits per heavy atom. The molecule has 0 saturated carbocycles. The number of esters is 2. The lowest BCUT2D eigenvalue weighted by molar-refractivity contribution is -0.870. The van der Waals surface area contributed by atoms with Crippen molar-refractivity contribution in [3.8, 4) is 0 Å². The number of nitrogens with zero attached hydrogens (tertiary/aromatic N) is 1. The summed E-state index contributed by atoms with van der Waals surface area (Å²) in [6, 6.07) is 0. The maximum atomic E-state index is 13.0. The highest BCUT2D eigenvalue weighted by Gasteiger charge is 2.25. The Hall–Kier alpha value is -3.01. The van der Waals surface area contributed by atoms with Crippen LogP contribution in [0.1, 0.15) is 386 Å². The summed E-state index contributed by atoms with van der Waals surface area (Å²) >= 11 is 0. The van der Waals surface area contributed by atoms with E-state index in [1.54, 1.807) is 0 Å². The fraction of sp³-hybridized carbons (Fsp3) is 0.841. The van der Waals surface area contributed by atoms with Crippen molar-refractivity contribution in [2.45, 2.75) is 399 Å². The molecule has 0 amide bonds. The maximum Gasteiger partial charge on any atom is 0.361 e. The van der Waals surface area contributed by atoms with Gasteiger partial charge in [0.25, 0.3) is 6.29 Å². The van der Waals surface area contributed by atoms with Gasteiger partial charge in [-0.3, -0.25) is 9.59 Å². The molecule has 0 aliphatic heterocycles. The highest BCUT2D eigenvalue weighted by Crippen LogP contribution is 2.19. The molecule has 0 aromatic heterocycles. The molecule has 0 spiro atoms. The van der Waals surface area contributed by atoms with Crippen molar-refractivity contribution in [3.05, 3.63) is 60.8 Å². The first-order chi connectivity index (χ1) is 44.6. The number of likely N-dealkylation sites (N-methyl/N-ethyl adjacent to an activating group) is 1. The van der Waals surface area contributed by atoms with Crippen LogP contribution in [0.2, 0.25) is 0 Å². The van der Waals surface area contributed by atoms with Crippen LogP contribution in [0.4, 0.5) is 0 Å². The molecule has 0 bridgehead atoms. The third-order valence-electron chi connectivity index (χ3n) is 17.8. The number of ether oxygens (including phenoxy) is 4. The van der Waals surface area contributed by atoms with Gasteiger partial charge in [0.2, 0.25) is 0 Å². The van der Waals surface area contributed by atoms with Gasteiger partial charge in [-0.2, -0.15) is 0 Å². The van der Waals surface area contributed by atoms with Gasteiger partial charge in [0.15, 0.2) is 6.10 Å². The minimum Gasteiger partial charge on any atom is -0.477 e. The molecule has 0 aliphatic rings. The summed E-state index contributed by atoms with van der Waals surface area (Å²) in [6.07, 6.45) is 93.8. The first kappa shape index (κ1) is 88.0. The fourth-order valence-corrected chi connectivity index (χ4v) is 11.8. The van der Waals surface area contributed by atoms with Gasteiger partial charge in [0.1, 0.15) is 13.2 Å². The summed E-state index contributed by atoms with van der Waals surface area (Å²) in [5.74, 6) is -1.98. The Bertz CT molecular complexity index is 1680. The van der Waals surface area contributed by atoms with Gasteiger partial charge < -0.3 is 28.5 Å². The van der Waals surface area contributed by atoms with Crippen LogP contribution in [-0.4, -0.2) is 87.4 Å². The second kappa shape index (κ2) is 72.8. The number of carbonyl (C=O) groups is 3. The van der Waals surface area contributed by atoms with Crippen molar-refractivity contribution in [1.82, 2.24) is 0 Å². The number of unbranched alkanes of at least 4 members (excludes halogenated alkanes) is 49. The molecule has 0 aliphatic carbocycles. The molecular formula is C82H152NO8+. The summed E-state index contributed by atoms with van der Waals surface area (Å²) < 4.78 is 23.1. The number of aliphatic carboxylic acids is 1. The molecule has 0 aromatic carbocycles. The van der Waals surface area contributed by atoms with Crippen LogP contribution in [0.3, 0.4) is 0 Å². The highest BCUT2D eigenvalue weighted by atomic mass is 16.7. The molecule has 0 saturated heterocycles. The van der Waals surface area contributed by atoms with Gasteiger partial charge in [-0.05, 0) is 77.0 Å². The molecule has 1 N–H and O–H groups in total. The number of allylic oxidation sites excluding steroid dienone is 10. The first-order valence-corrected chi connectivity index (χ1v) is 39.5. The Balaban J connectivity index is 3.98. The quantitative estimate of drug-likeness (QED) is 0.0211. The Kier molecular flexibility index (Phi) is 70.4. The van der Waals surface area contributed by atoms with Crippen LogP contribution in [0.5, 0.6) is 0 Å². The molecule has 0 radical (unpaired) electrons. The molecule has 0 fully saturated rings. The number of hydrogen-bond donors (Lipinski definition) is 1. The third kappa shape index (κ3) is 74.3. The van der Waals surface area contributed by atoms with Crippen molar-refractivity contribution < 1.29 is 42.9 Å². The number of quaternary nitrogens is 1. The topological polar surface area (TPSA) is 108 Å². The molecule has 532 valence electrons. The van der Waals surface area contributed by atoms with Crippen LogP contribution >= 0.6 is 0 Å². The van der Waals surface area contributed by atoms with Gasteiger partial charge in [-0.25, -0.2) is 4.79 Å². The SMILES string of the molecule is CC/C=C\C/C=C\C/C=C\C/C=C\CCCCCCCCCCCCCCCCCCCCC(=O)OC(COC(=O)CCCCCCCCCCCCCCCCCCCCCCCCC/C=C\CCCCCCCCCC)COC(OCC[N+](C)(C)C)C(=O)O. The molecular weight excluding hydrogens is 1130 g/mol. The average molecular weight is 1280 g/mol. The number of carboxylic acids is 1. The van der Waals surface area contributed by atoms with E-state index in [-0.39, 0.29) is 38.2 Å². The Morgan fingerprint density at radius 1 is 0.341 bits per heavy atom. The molecule has 9 nitrogen and oxygen atoms in total. The summed E-state index contributed by atoms with van der Waals surface area (Å²) in [5, 5.41) is 9.77. The van der Waals surface area contributed by atoms with Crippen molar-refractivity contribution in [2.75, 3.05) is 47.5 Å². The van der Waals surface area contributed by atoms with E-state index in [0.29, 0.717) is 17.4 Å². The largest absolute Gasteiger partial charge is 0.477 e. The molecule has 0 rings (SSSR count). The summed E-state index contributed by atoms with van der Waals surface area (Å²) in [5.41, 5.74) is 0. The number of hydrogen-bond acceptors (Lipinski definition) is 7. The molecule has 9 heteroatoms. The zero-order valence-corrected chi connectivity index (χ0v) is 61.0.